The van der Waals surface area contributed by atoms with Crippen LogP contribution in [0.15, 0.2) is 78.9 Å². The summed E-state index contributed by atoms with van der Waals surface area (Å²) in [5, 5.41) is 9.47. The number of nitrogens with one attached hydrogen (secondary N) is 1. The topological polar surface area (TPSA) is 46.9 Å². The van der Waals surface area contributed by atoms with Gasteiger partial charge in [-0.3, -0.25) is 9.48 Å². The second-order valence-corrected chi connectivity index (χ2v) is 7.57. The van der Waals surface area contributed by atoms with Crippen molar-refractivity contribution in [3.05, 3.63) is 89.4 Å². The number of fused-ring (bicyclic) bond motifs is 1. The van der Waals surface area contributed by atoms with Gasteiger partial charge in [-0.25, -0.2) is 0 Å². The van der Waals surface area contributed by atoms with E-state index in [4.69, 9.17) is 16.7 Å². The van der Waals surface area contributed by atoms with Crippen LogP contribution >= 0.6 is 11.6 Å². The van der Waals surface area contributed by atoms with E-state index in [-0.39, 0.29) is 11.9 Å². The second kappa shape index (κ2) is 8.10. The first-order valence-corrected chi connectivity index (χ1v) is 10.0. The molecule has 3 aromatic carbocycles. The summed E-state index contributed by atoms with van der Waals surface area (Å²) in [7, 11) is 0. The quantitative estimate of drug-likeness (QED) is 0.458. The highest BCUT2D eigenvalue weighted by Gasteiger charge is 2.22. The average Bonchev–Trinajstić information content (AvgIpc) is 3.13. The summed E-state index contributed by atoms with van der Waals surface area (Å²) in [5.41, 5.74) is 3.75. The van der Waals surface area contributed by atoms with Crippen LogP contribution in [0.25, 0.3) is 22.2 Å². The Morgan fingerprint density at radius 3 is 2.31 bits per heavy atom. The number of carbonyl (C=O) groups is 1. The molecule has 0 fully saturated rings. The highest BCUT2D eigenvalue weighted by atomic mass is 35.5. The fraction of sp³-hybridized carbons (Fsp3) is 0.167. The van der Waals surface area contributed by atoms with Crippen LogP contribution < -0.4 is 5.32 Å². The van der Waals surface area contributed by atoms with E-state index < -0.39 is 6.04 Å². The van der Waals surface area contributed by atoms with Gasteiger partial charge in [-0.05, 0) is 37.6 Å². The number of nitrogens with zero attached hydrogens (tertiary/aromatic N) is 2. The highest BCUT2D eigenvalue weighted by molar-refractivity contribution is 6.31. The molecular weight excluding hydrogens is 382 g/mol. The average molecular weight is 404 g/mol. The van der Waals surface area contributed by atoms with Gasteiger partial charge in [0.05, 0.1) is 11.6 Å². The Hall–Kier alpha value is -3.11. The normalized spacial score (nSPS) is 13.2. The summed E-state index contributed by atoms with van der Waals surface area (Å²) in [6.45, 7) is 3.85. The molecule has 0 saturated heterocycles. The standard InChI is InChI=1S/C24H22ClN3O/c1-16(18-9-5-3-6-10-18)26-24(29)17(2)28-22-14-13-20(25)15-21(22)23(27-28)19-11-7-4-8-12-19/h3-17H,1-2H3,(H,26,29)/t16-,17-/m1/s1. The van der Waals surface area contributed by atoms with Crippen molar-refractivity contribution in [3.63, 3.8) is 0 Å². The van der Waals surface area contributed by atoms with Gasteiger partial charge >= 0.3 is 0 Å². The number of aromatic nitrogens is 2. The lowest BCUT2D eigenvalue weighted by atomic mass is 10.1. The van der Waals surface area contributed by atoms with Crippen LogP contribution in [0.3, 0.4) is 0 Å². The minimum atomic E-state index is -0.470. The third kappa shape index (κ3) is 3.89. The molecule has 146 valence electrons. The molecule has 1 heterocycles. The van der Waals surface area contributed by atoms with Crippen molar-refractivity contribution in [3.8, 4) is 11.3 Å². The Bertz CT molecular complexity index is 1140. The van der Waals surface area contributed by atoms with Crippen molar-refractivity contribution >= 4 is 28.4 Å². The van der Waals surface area contributed by atoms with E-state index >= 15 is 0 Å². The van der Waals surface area contributed by atoms with E-state index in [1.54, 1.807) is 4.68 Å². The van der Waals surface area contributed by atoms with Crippen molar-refractivity contribution in [1.82, 2.24) is 15.1 Å². The largest absolute Gasteiger partial charge is 0.348 e. The van der Waals surface area contributed by atoms with Crippen LogP contribution in [0, 0.1) is 0 Å². The number of amides is 1. The fourth-order valence-corrected chi connectivity index (χ4v) is 3.66. The number of carbonyl (C=O) groups excluding carboxylic acids is 1. The summed E-state index contributed by atoms with van der Waals surface area (Å²) in [6, 6.07) is 25.0. The first-order chi connectivity index (χ1) is 14.0. The molecule has 2 atom stereocenters. The summed E-state index contributed by atoms with van der Waals surface area (Å²) in [6.07, 6.45) is 0. The molecule has 29 heavy (non-hydrogen) atoms. The van der Waals surface area contributed by atoms with E-state index in [1.165, 1.54) is 0 Å². The van der Waals surface area contributed by atoms with Gasteiger partial charge in [0.2, 0.25) is 5.91 Å². The number of hydrogen-bond acceptors (Lipinski definition) is 2. The Kier molecular flexibility index (Phi) is 5.36. The monoisotopic (exact) mass is 403 g/mol. The van der Waals surface area contributed by atoms with Crippen LogP contribution in [0.4, 0.5) is 0 Å². The lowest BCUT2D eigenvalue weighted by molar-refractivity contribution is -0.124. The maximum atomic E-state index is 13.0. The number of rotatable bonds is 5. The van der Waals surface area contributed by atoms with Gasteiger partial charge in [-0.1, -0.05) is 72.3 Å². The van der Waals surface area contributed by atoms with Crippen molar-refractivity contribution in [1.29, 1.82) is 0 Å². The van der Waals surface area contributed by atoms with Gasteiger partial charge in [0.1, 0.15) is 11.7 Å². The van der Waals surface area contributed by atoms with Gasteiger partial charge in [0.15, 0.2) is 0 Å². The Labute approximate surface area is 175 Å². The van der Waals surface area contributed by atoms with Gasteiger partial charge in [-0.15, -0.1) is 0 Å². The Balaban J connectivity index is 1.69. The molecule has 0 aliphatic heterocycles. The van der Waals surface area contributed by atoms with E-state index in [0.717, 1.165) is 27.7 Å². The van der Waals surface area contributed by atoms with Crippen LogP contribution in [-0.4, -0.2) is 15.7 Å². The van der Waals surface area contributed by atoms with Gasteiger partial charge in [0.25, 0.3) is 0 Å². The molecule has 1 N–H and O–H groups in total. The lowest BCUT2D eigenvalue weighted by Gasteiger charge is -2.19. The zero-order chi connectivity index (χ0) is 20.4. The van der Waals surface area contributed by atoms with Crippen LogP contribution in [0.1, 0.15) is 31.5 Å². The van der Waals surface area contributed by atoms with Crippen LogP contribution in [0.2, 0.25) is 5.02 Å². The molecule has 0 saturated carbocycles. The smallest absolute Gasteiger partial charge is 0.245 e. The summed E-state index contributed by atoms with van der Waals surface area (Å²) in [5.74, 6) is -0.0830. The third-order valence-corrected chi connectivity index (χ3v) is 5.36. The minimum absolute atomic E-state index is 0.0830. The maximum Gasteiger partial charge on any atom is 0.245 e. The molecule has 0 aliphatic carbocycles. The molecule has 4 nitrogen and oxygen atoms in total. The predicted octanol–water partition coefficient (Wildman–Crippen LogP) is 5.80. The van der Waals surface area contributed by atoms with Gasteiger partial charge in [-0.2, -0.15) is 5.10 Å². The Morgan fingerprint density at radius 2 is 1.62 bits per heavy atom. The number of hydrogen-bond donors (Lipinski definition) is 1. The molecule has 0 spiro atoms. The molecule has 4 aromatic rings. The Morgan fingerprint density at radius 1 is 0.966 bits per heavy atom. The molecular formula is C24H22ClN3O. The minimum Gasteiger partial charge on any atom is -0.348 e. The molecule has 5 heteroatoms. The summed E-state index contributed by atoms with van der Waals surface area (Å²) in [4.78, 5) is 13.0. The van der Waals surface area contributed by atoms with Gasteiger partial charge in [0, 0.05) is 16.0 Å². The van der Waals surface area contributed by atoms with Crippen LogP contribution in [-0.2, 0) is 4.79 Å². The van der Waals surface area contributed by atoms with Crippen molar-refractivity contribution in [2.45, 2.75) is 25.9 Å². The molecule has 0 aliphatic rings. The number of benzene rings is 3. The first-order valence-electron chi connectivity index (χ1n) is 9.63. The predicted molar refractivity (Wildman–Crippen MR) is 118 cm³/mol. The van der Waals surface area contributed by atoms with Crippen LogP contribution in [0.5, 0.6) is 0 Å². The lowest BCUT2D eigenvalue weighted by Crippen LogP contribution is -2.33. The van der Waals surface area contributed by atoms with E-state index in [9.17, 15) is 4.79 Å². The molecule has 4 rings (SSSR count). The zero-order valence-electron chi connectivity index (χ0n) is 16.3. The van der Waals surface area contributed by atoms with Crippen molar-refractivity contribution in [2.75, 3.05) is 0 Å². The third-order valence-electron chi connectivity index (χ3n) is 5.12. The number of halogens is 1. The van der Waals surface area contributed by atoms with E-state index in [1.807, 2.05) is 92.7 Å². The van der Waals surface area contributed by atoms with Gasteiger partial charge < -0.3 is 5.32 Å². The van der Waals surface area contributed by atoms with E-state index in [0.29, 0.717) is 5.02 Å². The summed E-state index contributed by atoms with van der Waals surface area (Å²) < 4.78 is 1.78. The first kappa shape index (κ1) is 19.2. The molecule has 1 aromatic heterocycles. The maximum absolute atomic E-state index is 13.0. The van der Waals surface area contributed by atoms with Crippen molar-refractivity contribution in [2.24, 2.45) is 0 Å². The summed E-state index contributed by atoms with van der Waals surface area (Å²) >= 11 is 6.25. The zero-order valence-corrected chi connectivity index (χ0v) is 17.1. The fourth-order valence-electron chi connectivity index (χ4n) is 3.49. The second-order valence-electron chi connectivity index (χ2n) is 7.14. The SMILES string of the molecule is C[C@H](C(=O)N[C@H](C)c1ccccc1)n1nc(-c2ccccc2)c2cc(Cl)ccc21. The van der Waals surface area contributed by atoms with E-state index in [2.05, 4.69) is 5.32 Å². The molecule has 0 bridgehead atoms. The molecule has 1 amide bonds. The molecule has 0 radical (unpaired) electrons. The highest BCUT2D eigenvalue weighted by Crippen LogP contribution is 2.31. The molecule has 0 unspecified atom stereocenters. The van der Waals surface area contributed by atoms with Crippen molar-refractivity contribution < 1.29 is 4.79 Å².